The Morgan fingerprint density at radius 3 is 2.90 bits per heavy atom. The Balaban J connectivity index is 1.59. The normalized spacial score (nSPS) is 17.3. The quantitative estimate of drug-likeness (QED) is 0.231. The number of aliphatic imine (C=N–C) groups is 1. The number of hydrogen-bond donors (Lipinski definition) is 6. The number of amidine groups is 1. The van der Waals surface area contributed by atoms with E-state index in [1.54, 1.807) is 30.6 Å². The van der Waals surface area contributed by atoms with Gasteiger partial charge in [-0.1, -0.05) is 19.1 Å². The van der Waals surface area contributed by atoms with Gasteiger partial charge < -0.3 is 31.9 Å². The molecule has 0 saturated heterocycles. The molecule has 9 heteroatoms. The molecule has 0 aromatic heterocycles. The van der Waals surface area contributed by atoms with Crippen molar-refractivity contribution in [3.8, 4) is 0 Å². The predicted molar refractivity (Wildman–Crippen MR) is 119 cm³/mol. The molecule has 0 saturated carbocycles. The number of carbonyl (C=O) groups is 2. The molecule has 158 valence electrons. The van der Waals surface area contributed by atoms with Crippen LogP contribution in [0.4, 0.5) is 11.4 Å². The number of rotatable bonds is 7. The maximum absolute atomic E-state index is 12.7. The van der Waals surface area contributed by atoms with Crippen molar-refractivity contribution >= 4 is 29.0 Å². The largest absolute Gasteiger partial charge is 0.391 e. The molecule has 0 fully saturated rings. The van der Waals surface area contributed by atoms with E-state index in [-0.39, 0.29) is 11.8 Å². The fourth-order valence-corrected chi connectivity index (χ4v) is 2.90. The van der Waals surface area contributed by atoms with Gasteiger partial charge in [-0.2, -0.15) is 0 Å². The standard InChI is InChI=1S/C21H27N7O2/c1-3-9-22-12-14(2)7-8-18(29)27-21-25-16-6-4-5-15(19(16)28-21)20(30)26-17-13-23-10-11-24-17/h4-8,10-12,21-23,25,28H,3,9,13H2,1-2H3,(H,27,29)(H,24,26,30)/b8-7+,14-12-. The number of amides is 2. The van der Waals surface area contributed by atoms with E-state index in [2.05, 4.69) is 43.8 Å². The second kappa shape index (κ2) is 10.1. The Bertz CT molecular complexity index is 918. The number of para-hydroxylation sites is 1. The number of nitrogens with zero attached hydrogens (tertiary/aromatic N) is 1. The van der Waals surface area contributed by atoms with Crippen molar-refractivity contribution in [3.05, 3.63) is 60.1 Å². The number of carbonyl (C=O) groups excluding carboxylic acids is 2. The van der Waals surface area contributed by atoms with Crippen LogP contribution in [0.3, 0.4) is 0 Å². The minimum atomic E-state index is -0.523. The van der Waals surface area contributed by atoms with Gasteiger partial charge >= 0.3 is 0 Å². The van der Waals surface area contributed by atoms with Gasteiger partial charge in [-0.3, -0.25) is 9.59 Å². The first-order valence-corrected chi connectivity index (χ1v) is 9.88. The summed E-state index contributed by atoms with van der Waals surface area (Å²) in [5.41, 5.74) is 2.78. The van der Waals surface area contributed by atoms with E-state index >= 15 is 0 Å². The summed E-state index contributed by atoms with van der Waals surface area (Å²) in [4.78, 5) is 29.0. The van der Waals surface area contributed by atoms with Gasteiger partial charge in [0.25, 0.3) is 5.91 Å². The van der Waals surface area contributed by atoms with Crippen LogP contribution in [-0.2, 0) is 4.79 Å². The molecule has 2 aliphatic rings. The number of benzene rings is 1. The topological polar surface area (TPSA) is 119 Å². The third kappa shape index (κ3) is 5.63. The maximum atomic E-state index is 12.7. The molecule has 0 aliphatic carbocycles. The van der Waals surface area contributed by atoms with Gasteiger partial charge in [-0.05, 0) is 37.3 Å². The predicted octanol–water partition coefficient (Wildman–Crippen LogP) is 1.59. The molecular weight excluding hydrogens is 382 g/mol. The first-order chi connectivity index (χ1) is 14.6. The summed E-state index contributed by atoms with van der Waals surface area (Å²) >= 11 is 0. The molecule has 2 heterocycles. The smallest absolute Gasteiger partial charge is 0.258 e. The maximum Gasteiger partial charge on any atom is 0.258 e. The van der Waals surface area contributed by atoms with Crippen LogP contribution in [0.15, 0.2) is 59.5 Å². The van der Waals surface area contributed by atoms with Crippen LogP contribution in [0, 0.1) is 0 Å². The van der Waals surface area contributed by atoms with Crippen LogP contribution in [0.5, 0.6) is 0 Å². The highest BCUT2D eigenvalue weighted by Gasteiger charge is 2.25. The zero-order valence-corrected chi connectivity index (χ0v) is 17.1. The summed E-state index contributed by atoms with van der Waals surface area (Å²) < 4.78 is 0. The number of fused-ring (bicyclic) bond motifs is 1. The summed E-state index contributed by atoms with van der Waals surface area (Å²) in [6.07, 6.45) is 8.91. The molecule has 3 rings (SSSR count). The monoisotopic (exact) mass is 409 g/mol. The van der Waals surface area contributed by atoms with Crippen molar-refractivity contribution < 1.29 is 9.59 Å². The van der Waals surface area contributed by atoms with Crippen molar-refractivity contribution in [2.45, 2.75) is 26.6 Å². The SMILES string of the molecule is CCCN/C=C(C)\C=C\C(=O)NC1Nc2cccc(C(=O)NC3=NC=CNC3)c2N1. The summed E-state index contributed by atoms with van der Waals surface area (Å²) in [7, 11) is 0. The highest BCUT2D eigenvalue weighted by atomic mass is 16.2. The molecule has 6 N–H and O–H groups in total. The molecule has 2 aliphatic heterocycles. The molecule has 1 atom stereocenters. The fraction of sp³-hybridized carbons (Fsp3) is 0.286. The molecule has 1 aromatic rings. The lowest BCUT2D eigenvalue weighted by Crippen LogP contribution is -2.42. The number of allylic oxidation sites excluding steroid dienone is 2. The second-order valence-electron chi connectivity index (χ2n) is 6.86. The van der Waals surface area contributed by atoms with Crippen LogP contribution in [0.25, 0.3) is 0 Å². The van der Waals surface area contributed by atoms with Gasteiger partial charge in [0.15, 0.2) is 6.29 Å². The minimum absolute atomic E-state index is 0.253. The molecule has 0 spiro atoms. The number of nitrogens with one attached hydrogen (secondary N) is 6. The zero-order valence-electron chi connectivity index (χ0n) is 17.1. The Kier molecular flexibility index (Phi) is 7.09. The number of hydrogen-bond acceptors (Lipinski definition) is 7. The molecule has 1 unspecified atom stereocenters. The summed E-state index contributed by atoms with van der Waals surface area (Å²) in [5.74, 6) is 0.0126. The van der Waals surface area contributed by atoms with E-state index in [0.717, 1.165) is 24.2 Å². The molecule has 0 bridgehead atoms. The van der Waals surface area contributed by atoms with Crippen LogP contribution in [-0.4, -0.2) is 37.0 Å². The Morgan fingerprint density at radius 1 is 1.27 bits per heavy atom. The van der Waals surface area contributed by atoms with Crippen molar-refractivity contribution in [2.24, 2.45) is 4.99 Å². The van der Waals surface area contributed by atoms with E-state index in [4.69, 9.17) is 0 Å². The lowest BCUT2D eigenvalue weighted by atomic mass is 10.1. The van der Waals surface area contributed by atoms with E-state index in [1.807, 2.05) is 19.2 Å². The van der Waals surface area contributed by atoms with Gasteiger partial charge in [0.1, 0.15) is 5.84 Å². The molecule has 9 nitrogen and oxygen atoms in total. The van der Waals surface area contributed by atoms with Gasteiger partial charge in [0, 0.05) is 25.0 Å². The highest BCUT2D eigenvalue weighted by Crippen LogP contribution is 2.31. The van der Waals surface area contributed by atoms with Crippen LogP contribution < -0.4 is 31.9 Å². The average molecular weight is 409 g/mol. The van der Waals surface area contributed by atoms with Crippen molar-refractivity contribution in [2.75, 3.05) is 23.7 Å². The fourth-order valence-electron chi connectivity index (χ4n) is 2.90. The first-order valence-electron chi connectivity index (χ1n) is 9.88. The Hall–Kier alpha value is -3.75. The summed E-state index contributed by atoms with van der Waals surface area (Å²) in [5, 5.41) is 18.1. The van der Waals surface area contributed by atoms with E-state index in [0.29, 0.717) is 23.6 Å². The zero-order chi connectivity index (χ0) is 21.3. The Labute approximate surface area is 175 Å². The van der Waals surface area contributed by atoms with Crippen LogP contribution >= 0.6 is 0 Å². The lowest BCUT2D eigenvalue weighted by molar-refractivity contribution is -0.116. The summed E-state index contributed by atoms with van der Waals surface area (Å²) in [6, 6.07) is 5.34. The van der Waals surface area contributed by atoms with Crippen molar-refractivity contribution in [3.63, 3.8) is 0 Å². The molecule has 30 heavy (non-hydrogen) atoms. The number of anilines is 2. The molecule has 2 amide bonds. The van der Waals surface area contributed by atoms with E-state index in [1.165, 1.54) is 6.08 Å². The lowest BCUT2D eigenvalue weighted by Gasteiger charge is -2.14. The van der Waals surface area contributed by atoms with E-state index in [9.17, 15) is 9.59 Å². The molecule has 1 aromatic carbocycles. The third-order valence-corrected chi connectivity index (χ3v) is 4.36. The first kappa shape index (κ1) is 21.0. The second-order valence-corrected chi connectivity index (χ2v) is 6.86. The van der Waals surface area contributed by atoms with Gasteiger partial charge in [0.05, 0.1) is 23.5 Å². The van der Waals surface area contributed by atoms with Gasteiger partial charge in [0.2, 0.25) is 5.91 Å². The average Bonchev–Trinajstić information content (AvgIpc) is 3.15. The van der Waals surface area contributed by atoms with Crippen LogP contribution in [0.1, 0.15) is 30.6 Å². The van der Waals surface area contributed by atoms with Crippen molar-refractivity contribution in [1.82, 2.24) is 21.3 Å². The summed E-state index contributed by atoms with van der Waals surface area (Å²) in [6.45, 7) is 5.35. The Morgan fingerprint density at radius 2 is 2.13 bits per heavy atom. The minimum Gasteiger partial charge on any atom is -0.391 e. The highest BCUT2D eigenvalue weighted by molar-refractivity contribution is 6.11. The third-order valence-electron chi connectivity index (χ3n) is 4.36. The van der Waals surface area contributed by atoms with Gasteiger partial charge in [-0.15, -0.1) is 0 Å². The molecular formula is C21H27N7O2. The molecule has 0 radical (unpaired) electrons. The van der Waals surface area contributed by atoms with E-state index < -0.39 is 6.29 Å². The van der Waals surface area contributed by atoms with Crippen LogP contribution in [0.2, 0.25) is 0 Å². The van der Waals surface area contributed by atoms with Crippen molar-refractivity contribution in [1.29, 1.82) is 0 Å². The van der Waals surface area contributed by atoms with Gasteiger partial charge in [-0.25, -0.2) is 4.99 Å².